The molecule has 4 heterocycles. The summed E-state index contributed by atoms with van der Waals surface area (Å²) < 4.78 is 12.6. The molecular weight excluding hydrogens is 408 g/mol. The van der Waals surface area contributed by atoms with Gasteiger partial charge in [-0.1, -0.05) is 18.9 Å². The lowest BCUT2D eigenvalue weighted by Gasteiger charge is -2.31. The maximum absolute atomic E-state index is 13.4. The monoisotopic (exact) mass is 434 g/mol. The second-order valence-electron chi connectivity index (χ2n) is 8.09. The van der Waals surface area contributed by atoms with Crippen LogP contribution in [-0.2, 0) is 4.79 Å². The molecule has 2 aliphatic heterocycles. The van der Waals surface area contributed by atoms with E-state index >= 15 is 0 Å². The maximum atomic E-state index is 13.4. The molecule has 32 heavy (non-hydrogen) atoms. The van der Waals surface area contributed by atoms with Gasteiger partial charge >= 0.3 is 0 Å². The van der Waals surface area contributed by atoms with Crippen molar-refractivity contribution in [3.05, 3.63) is 54.7 Å². The Labute approximate surface area is 186 Å². The van der Waals surface area contributed by atoms with Gasteiger partial charge in [0, 0.05) is 25.1 Å². The molecular formula is C23H26N6O3. The fourth-order valence-corrected chi connectivity index (χ4v) is 4.23. The number of nitrogens with one attached hydrogen (secondary N) is 1. The Bertz CT molecular complexity index is 1090. The molecule has 1 saturated heterocycles. The van der Waals surface area contributed by atoms with Crippen molar-refractivity contribution in [3.8, 4) is 17.4 Å². The molecule has 1 aromatic carbocycles. The molecule has 1 N–H and O–H groups in total. The van der Waals surface area contributed by atoms with Crippen molar-refractivity contribution in [1.82, 2.24) is 24.8 Å². The van der Waals surface area contributed by atoms with Gasteiger partial charge in [0.15, 0.2) is 11.5 Å². The van der Waals surface area contributed by atoms with Gasteiger partial charge in [-0.25, -0.2) is 9.97 Å². The first-order chi connectivity index (χ1) is 15.7. The molecule has 9 heteroatoms. The molecule has 2 aliphatic rings. The van der Waals surface area contributed by atoms with E-state index < -0.39 is 0 Å². The van der Waals surface area contributed by atoms with Crippen molar-refractivity contribution in [2.45, 2.75) is 44.7 Å². The van der Waals surface area contributed by atoms with Crippen molar-refractivity contribution in [2.75, 3.05) is 18.2 Å². The van der Waals surface area contributed by atoms with Crippen LogP contribution in [0.1, 0.15) is 44.2 Å². The second kappa shape index (κ2) is 8.86. The number of hydrogen-bond donors (Lipinski definition) is 1. The molecule has 2 unspecified atom stereocenters. The Hall–Kier alpha value is -3.62. The molecule has 0 bridgehead atoms. The summed E-state index contributed by atoms with van der Waals surface area (Å²) in [5.41, 5.74) is 0.979. The summed E-state index contributed by atoms with van der Waals surface area (Å²) >= 11 is 0. The number of anilines is 1. The largest absolute Gasteiger partial charge is 0.454 e. The zero-order valence-electron chi connectivity index (χ0n) is 18.0. The lowest BCUT2D eigenvalue weighted by molar-refractivity contribution is -0.123. The molecule has 2 atom stereocenters. The van der Waals surface area contributed by atoms with Crippen LogP contribution in [0, 0.1) is 0 Å². The normalized spacial score (nSPS) is 18.8. The highest BCUT2D eigenvalue weighted by Crippen LogP contribution is 2.34. The summed E-state index contributed by atoms with van der Waals surface area (Å²) in [5.74, 6) is 2.74. The SMILES string of the molecule is CC(NC(=O)C1CCCCCN1c1ccnc(-n2ccnc2)n1)c1ccc2c(c1)OCO2. The third-order valence-corrected chi connectivity index (χ3v) is 5.97. The topological polar surface area (TPSA) is 94.4 Å². The van der Waals surface area contributed by atoms with Crippen molar-refractivity contribution < 1.29 is 14.3 Å². The van der Waals surface area contributed by atoms with E-state index in [0.29, 0.717) is 11.7 Å². The third-order valence-electron chi connectivity index (χ3n) is 5.97. The third kappa shape index (κ3) is 4.10. The van der Waals surface area contributed by atoms with Crippen molar-refractivity contribution in [2.24, 2.45) is 0 Å². The smallest absolute Gasteiger partial charge is 0.243 e. The predicted octanol–water partition coefficient (Wildman–Crippen LogP) is 3.02. The summed E-state index contributed by atoms with van der Waals surface area (Å²) in [4.78, 5) is 28.6. The van der Waals surface area contributed by atoms with Gasteiger partial charge in [0.1, 0.15) is 18.2 Å². The lowest BCUT2D eigenvalue weighted by Crippen LogP contribution is -2.47. The molecule has 166 valence electrons. The van der Waals surface area contributed by atoms with Gasteiger partial charge in [0.25, 0.3) is 0 Å². The van der Waals surface area contributed by atoms with Gasteiger partial charge < -0.3 is 19.7 Å². The van der Waals surface area contributed by atoms with Crippen molar-refractivity contribution >= 4 is 11.7 Å². The van der Waals surface area contributed by atoms with Crippen LogP contribution in [0.2, 0.25) is 0 Å². The Morgan fingerprint density at radius 1 is 1.16 bits per heavy atom. The fraction of sp³-hybridized carbons (Fsp3) is 0.391. The number of amides is 1. The zero-order valence-corrected chi connectivity index (χ0v) is 18.0. The van der Waals surface area contributed by atoms with Crippen molar-refractivity contribution in [1.29, 1.82) is 0 Å². The quantitative estimate of drug-likeness (QED) is 0.660. The standard InChI is InChI=1S/C23H26N6O3/c1-16(17-6-7-19-20(13-17)32-15-31-19)26-22(30)18-5-3-2-4-11-29(18)21-8-9-25-23(27-21)28-12-10-24-14-28/h6-10,12-14,16,18H,2-5,11,15H2,1H3,(H,26,30). The fourth-order valence-electron chi connectivity index (χ4n) is 4.23. The van der Waals surface area contributed by atoms with E-state index in [1.54, 1.807) is 29.5 Å². The molecule has 3 aromatic rings. The molecule has 0 radical (unpaired) electrons. The summed E-state index contributed by atoms with van der Waals surface area (Å²) in [6, 6.07) is 7.20. The first-order valence-corrected chi connectivity index (χ1v) is 11.0. The Morgan fingerprint density at radius 3 is 2.94 bits per heavy atom. The van der Waals surface area contributed by atoms with Crippen LogP contribution in [0.5, 0.6) is 11.5 Å². The minimum atomic E-state index is -0.292. The molecule has 9 nitrogen and oxygen atoms in total. The number of rotatable bonds is 5. The summed E-state index contributed by atoms with van der Waals surface area (Å²) in [7, 11) is 0. The van der Waals surface area contributed by atoms with Crippen LogP contribution in [-0.4, -0.2) is 44.8 Å². The highest BCUT2D eigenvalue weighted by molar-refractivity contribution is 5.85. The van der Waals surface area contributed by atoms with E-state index in [2.05, 4.69) is 20.2 Å². The Balaban J connectivity index is 1.36. The van der Waals surface area contributed by atoms with Crippen LogP contribution >= 0.6 is 0 Å². The second-order valence-corrected chi connectivity index (χ2v) is 8.09. The number of ether oxygens (including phenoxy) is 2. The first kappa shape index (κ1) is 20.3. The molecule has 0 spiro atoms. The number of aromatic nitrogens is 4. The Kier molecular flexibility index (Phi) is 5.62. The van der Waals surface area contributed by atoms with E-state index in [1.807, 2.05) is 31.2 Å². The highest BCUT2D eigenvalue weighted by atomic mass is 16.7. The van der Waals surface area contributed by atoms with Crippen LogP contribution in [0.3, 0.4) is 0 Å². The number of benzene rings is 1. The number of fused-ring (bicyclic) bond motifs is 1. The van der Waals surface area contributed by atoms with E-state index in [-0.39, 0.29) is 24.8 Å². The van der Waals surface area contributed by atoms with Crippen LogP contribution in [0.4, 0.5) is 5.82 Å². The summed E-state index contributed by atoms with van der Waals surface area (Å²) in [6.45, 7) is 2.99. The summed E-state index contributed by atoms with van der Waals surface area (Å²) in [5, 5.41) is 3.19. The van der Waals surface area contributed by atoms with Gasteiger partial charge in [-0.3, -0.25) is 9.36 Å². The minimum absolute atomic E-state index is 0.000130. The van der Waals surface area contributed by atoms with Gasteiger partial charge in [-0.15, -0.1) is 0 Å². The van der Waals surface area contributed by atoms with E-state index in [0.717, 1.165) is 49.4 Å². The molecule has 1 amide bonds. The Morgan fingerprint density at radius 2 is 2.06 bits per heavy atom. The van der Waals surface area contributed by atoms with Crippen LogP contribution in [0.25, 0.3) is 5.95 Å². The molecule has 1 fully saturated rings. The molecule has 0 saturated carbocycles. The van der Waals surface area contributed by atoms with Crippen LogP contribution < -0.4 is 19.7 Å². The van der Waals surface area contributed by atoms with Gasteiger partial charge in [-0.05, 0) is 43.5 Å². The highest BCUT2D eigenvalue weighted by Gasteiger charge is 2.30. The van der Waals surface area contributed by atoms with Gasteiger partial charge in [0.05, 0.1) is 6.04 Å². The average Bonchev–Trinajstić information content (AvgIpc) is 3.46. The van der Waals surface area contributed by atoms with Crippen molar-refractivity contribution in [3.63, 3.8) is 0 Å². The number of hydrogen-bond acceptors (Lipinski definition) is 7. The van der Waals surface area contributed by atoms with Crippen LogP contribution in [0.15, 0.2) is 49.2 Å². The molecule has 2 aromatic heterocycles. The summed E-state index contributed by atoms with van der Waals surface area (Å²) in [6.07, 6.45) is 10.8. The zero-order chi connectivity index (χ0) is 21.9. The predicted molar refractivity (Wildman–Crippen MR) is 118 cm³/mol. The number of imidazole rings is 1. The van der Waals surface area contributed by atoms with Gasteiger partial charge in [-0.2, -0.15) is 4.98 Å². The van der Waals surface area contributed by atoms with E-state index in [4.69, 9.17) is 14.5 Å². The van der Waals surface area contributed by atoms with E-state index in [1.165, 1.54) is 0 Å². The molecule has 0 aliphatic carbocycles. The maximum Gasteiger partial charge on any atom is 0.243 e. The van der Waals surface area contributed by atoms with E-state index in [9.17, 15) is 4.79 Å². The number of nitrogens with zero attached hydrogens (tertiary/aromatic N) is 5. The number of carbonyl (C=O) groups excluding carboxylic acids is 1. The average molecular weight is 435 g/mol. The minimum Gasteiger partial charge on any atom is -0.454 e. The first-order valence-electron chi connectivity index (χ1n) is 11.0. The van der Waals surface area contributed by atoms with Gasteiger partial charge in [0.2, 0.25) is 18.6 Å². The lowest BCUT2D eigenvalue weighted by atomic mass is 10.1. The molecule has 5 rings (SSSR count). The number of carbonyl (C=O) groups is 1.